The van der Waals surface area contributed by atoms with E-state index < -0.39 is 88.3 Å². The van der Waals surface area contributed by atoms with Crippen LogP contribution in [0.1, 0.15) is 27.8 Å². The van der Waals surface area contributed by atoms with Crippen LogP contribution in [0, 0.1) is 5.92 Å². The predicted molar refractivity (Wildman–Crippen MR) is 108 cm³/mol. The molecule has 0 amide bonds. The summed E-state index contributed by atoms with van der Waals surface area (Å²) in [5.74, 6) is -2.76. The minimum atomic E-state index is -5.52. The molecule has 3 rings (SSSR count). The number of aliphatic hydroxyl groups excluding tert-OH is 1. The summed E-state index contributed by atoms with van der Waals surface area (Å²) in [4.78, 5) is 0. The molecule has 0 radical (unpaired) electrons. The summed E-state index contributed by atoms with van der Waals surface area (Å²) in [6.07, 6.45) is -33.6. The molecule has 1 aliphatic heterocycles. The molecule has 1 aliphatic rings. The lowest BCUT2D eigenvalue weighted by Gasteiger charge is -2.30. The van der Waals surface area contributed by atoms with Crippen molar-refractivity contribution in [1.82, 2.24) is 0 Å². The molecule has 0 saturated heterocycles. The first kappa shape index (κ1) is 32.3. The number of hydrogen-bond donors (Lipinski definition) is 1. The van der Waals surface area contributed by atoms with Crippen LogP contribution in [-0.4, -0.2) is 36.4 Å². The van der Waals surface area contributed by atoms with Gasteiger partial charge in [0.05, 0.1) is 39.6 Å². The van der Waals surface area contributed by atoms with Crippen LogP contribution in [0.5, 0.6) is 0 Å². The van der Waals surface area contributed by atoms with Crippen LogP contribution in [0.15, 0.2) is 41.5 Å². The topological polar surface area (TPSA) is 45.1 Å². The van der Waals surface area contributed by atoms with Gasteiger partial charge in [-0.05, 0) is 42.0 Å². The van der Waals surface area contributed by atoms with Crippen LogP contribution in [0.2, 0.25) is 0 Å². The van der Waals surface area contributed by atoms with E-state index in [4.69, 9.17) is 0 Å². The number of nitrogens with zero attached hydrogens (tertiary/aromatic N) is 2. The fraction of sp³-hybridized carbons (Fsp3) is 0.409. The Bertz CT molecular complexity index is 1240. The van der Waals surface area contributed by atoms with Gasteiger partial charge in [0.2, 0.25) is 0 Å². The lowest BCUT2D eigenvalue weighted by atomic mass is 9.88. The maximum absolute atomic E-state index is 13.8. The zero-order valence-electron chi connectivity index (χ0n) is 19.6. The third-order valence-corrected chi connectivity index (χ3v) is 5.73. The smallest absolute Gasteiger partial charge is 0.371 e. The second-order valence-electron chi connectivity index (χ2n) is 8.53. The molecule has 0 fully saturated rings. The van der Waals surface area contributed by atoms with Crippen molar-refractivity contribution in [3.63, 3.8) is 0 Å². The van der Waals surface area contributed by atoms with E-state index in [9.17, 15) is 71.0 Å². The Kier molecular flexibility index (Phi) is 8.07. The summed E-state index contributed by atoms with van der Waals surface area (Å²) >= 11 is 0. The maximum atomic E-state index is 13.8. The lowest BCUT2D eigenvalue weighted by molar-refractivity contribution is -0.227. The molecule has 19 heteroatoms. The Morgan fingerprint density at radius 2 is 1.02 bits per heavy atom. The highest BCUT2D eigenvalue weighted by atomic mass is 19.4. The predicted octanol–water partition coefficient (Wildman–Crippen LogP) is 7.50. The van der Waals surface area contributed by atoms with Gasteiger partial charge < -0.3 is 9.84 Å². The van der Waals surface area contributed by atoms with Crippen molar-refractivity contribution in [2.45, 2.75) is 43.2 Å². The molecule has 0 aromatic heterocycles. The van der Waals surface area contributed by atoms with Gasteiger partial charge in [0.1, 0.15) is 0 Å². The van der Waals surface area contributed by atoms with Gasteiger partial charge in [-0.1, -0.05) is 0 Å². The van der Waals surface area contributed by atoms with E-state index in [0.717, 1.165) is 0 Å². The Hall–Kier alpha value is -3.22. The average molecular weight is 622 g/mol. The molecule has 228 valence electrons. The second kappa shape index (κ2) is 10.2. The minimum absolute atomic E-state index is 0.0648. The van der Waals surface area contributed by atoms with E-state index >= 15 is 0 Å². The van der Waals surface area contributed by atoms with Crippen molar-refractivity contribution in [2.75, 3.05) is 12.1 Å². The summed E-state index contributed by atoms with van der Waals surface area (Å²) in [6.45, 7) is 0. The number of anilines is 1. The standard InChI is InChI=1S/C22H13F15N2O2/c1-41-16(22(35,36)37)14-15(8-2-9(18(23,24)25)4-10(3-8)19(26,27)28)38-39(17(14)40)13-6-11(20(29,30)31)5-12(7-13)21(32,33)34/h2-7,14,16-17,40H,1H3. The lowest BCUT2D eigenvalue weighted by Crippen LogP contribution is -2.48. The van der Waals surface area contributed by atoms with E-state index in [-0.39, 0.29) is 41.4 Å². The molecular weight excluding hydrogens is 609 g/mol. The quantitative estimate of drug-likeness (QED) is 0.360. The van der Waals surface area contributed by atoms with Crippen molar-refractivity contribution >= 4 is 11.4 Å². The van der Waals surface area contributed by atoms with Gasteiger partial charge in [0, 0.05) is 7.11 Å². The SMILES string of the molecule is COC(C1C(c2cc(C(F)(F)F)cc(C(F)(F)F)c2)=NN(c2cc(C(F)(F)F)cc(C(F)(F)F)c2)C1O)C(F)(F)F. The summed E-state index contributed by atoms with van der Waals surface area (Å²) in [5, 5.41) is 13.8. The minimum Gasteiger partial charge on any atom is -0.371 e. The zero-order valence-corrected chi connectivity index (χ0v) is 19.6. The number of ether oxygens (including phenoxy) is 1. The van der Waals surface area contributed by atoms with E-state index in [1.165, 1.54) is 0 Å². The largest absolute Gasteiger partial charge is 0.416 e. The monoisotopic (exact) mass is 622 g/mol. The van der Waals surface area contributed by atoms with Crippen molar-refractivity contribution in [3.8, 4) is 0 Å². The van der Waals surface area contributed by atoms with Gasteiger partial charge >= 0.3 is 30.9 Å². The number of rotatable bonds is 4. The molecule has 1 heterocycles. The number of halogens is 15. The van der Waals surface area contributed by atoms with Gasteiger partial charge in [0.25, 0.3) is 0 Å². The fourth-order valence-electron chi connectivity index (χ4n) is 3.95. The highest BCUT2D eigenvalue weighted by Gasteiger charge is 2.54. The number of methoxy groups -OCH3 is 1. The second-order valence-corrected chi connectivity index (χ2v) is 8.53. The van der Waals surface area contributed by atoms with Gasteiger partial charge in [-0.2, -0.15) is 71.0 Å². The summed E-state index contributed by atoms with van der Waals surface area (Å²) < 4.78 is 206. The van der Waals surface area contributed by atoms with Crippen LogP contribution in [0.25, 0.3) is 0 Å². The summed E-state index contributed by atoms with van der Waals surface area (Å²) in [7, 11) is 0.379. The molecule has 2 aromatic carbocycles. The number of aliphatic hydroxyl groups is 1. The number of hydrogen-bond acceptors (Lipinski definition) is 4. The molecule has 4 nitrogen and oxygen atoms in total. The van der Waals surface area contributed by atoms with Crippen LogP contribution in [-0.2, 0) is 29.4 Å². The Balaban J connectivity index is 2.37. The van der Waals surface area contributed by atoms with Crippen LogP contribution < -0.4 is 5.01 Å². The first-order valence-corrected chi connectivity index (χ1v) is 10.6. The Labute approximate surface area is 218 Å². The van der Waals surface area contributed by atoms with Crippen LogP contribution >= 0.6 is 0 Å². The Morgan fingerprint density at radius 3 is 1.34 bits per heavy atom. The zero-order chi connectivity index (χ0) is 31.5. The maximum Gasteiger partial charge on any atom is 0.416 e. The Morgan fingerprint density at radius 1 is 0.659 bits per heavy atom. The highest BCUT2D eigenvalue weighted by Crippen LogP contribution is 2.44. The van der Waals surface area contributed by atoms with Crippen LogP contribution in [0.3, 0.4) is 0 Å². The molecular formula is C22H13F15N2O2. The fourth-order valence-corrected chi connectivity index (χ4v) is 3.95. The van der Waals surface area contributed by atoms with E-state index in [0.29, 0.717) is 7.11 Å². The molecule has 0 aliphatic carbocycles. The molecule has 0 spiro atoms. The average Bonchev–Trinajstić information content (AvgIpc) is 3.12. The third kappa shape index (κ3) is 6.82. The van der Waals surface area contributed by atoms with Crippen molar-refractivity contribution in [2.24, 2.45) is 11.0 Å². The van der Waals surface area contributed by atoms with Crippen LogP contribution in [0.4, 0.5) is 71.5 Å². The third-order valence-electron chi connectivity index (χ3n) is 5.73. The molecule has 41 heavy (non-hydrogen) atoms. The van der Waals surface area contributed by atoms with E-state index in [1.54, 1.807) is 0 Å². The van der Waals surface area contributed by atoms with E-state index in [1.807, 2.05) is 0 Å². The molecule has 0 saturated carbocycles. The molecule has 2 aromatic rings. The summed E-state index contributed by atoms with van der Waals surface area (Å²) in [5.41, 5.74) is -12.1. The van der Waals surface area contributed by atoms with Gasteiger partial charge in [-0.25, -0.2) is 5.01 Å². The van der Waals surface area contributed by atoms with E-state index in [2.05, 4.69) is 9.84 Å². The first-order chi connectivity index (χ1) is 18.4. The van der Waals surface area contributed by atoms with Gasteiger partial charge in [-0.15, -0.1) is 0 Å². The molecule has 3 atom stereocenters. The molecule has 1 N–H and O–H groups in total. The van der Waals surface area contributed by atoms with Crippen molar-refractivity contribution < 1.29 is 75.7 Å². The highest BCUT2D eigenvalue weighted by molar-refractivity contribution is 6.05. The van der Waals surface area contributed by atoms with Crippen molar-refractivity contribution in [1.29, 1.82) is 0 Å². The molecule has 0 bridgehead atoms. The first-order valence-electron chi connectivity index (χ1n) is 10.6. The number of hydrazone groups is 1. The number of benzene rings is 2. The molecule has 3 unspecified atom stereocenters. The van der Waals surface area contributed by atoms with Gasteiger partial charge in [-0.3, -0.25) is 0 Å². The normalized spacial score (nSPS) is 19.9. The summed E-state index contributed by atoms with van der Waals surface area (Å²) in [6, 6.07) is -1.04. The van der Waals surface area contributed by atoms with Crippen molar-refractivity contribution in [3.05, 3.63) is 64.2 Å². The van der Waals surface area contributed by atoms with Gasteiger partial charge in [0.15, 0.2) is 12.3 Å². The number of alkyl halides is 15.